The molecule has 2 heterocycles. The number of nitrogens with one attached hydrogen (secondary N) is 2. The summed E-state index contributed by atoms with van der Waals surface area (Å²) in [4.78, 5) is 38.3. The van der Waals surface area contributed by atoms with Gasteiger partial charge in [-0.25, -0.2) is 0 Å². The first-order valence-corrected chi connectivity index (χ1v) is 7.09. The molecule has 0 aromatic heterocycles. The zero-order valence-electron chi connectivity index (χ0n) is 11.9. The molecule has 1 atom stereocenters. The molecule has 0 unspecified atom stereocenters. The predicted octanol–water partition coefficient (Wildman–Crippen LogP) is -1.45. The highest BCUT2D eigenvalue weighted by Crippen LogP contribution is 2.11. The molecule has 0 spiro atoms. The Kier molecular flexibility index (Phi) is 4.94. The summed E-state index contributed by atoms with van der Waals surface area (Å²) < 4.78 is 0. The lowest BCUT2D eigenvalue weighted by molar-refractivity contribution is -0.142. The van der Waals surface area contributed by atoms with Crippen molar-refractivity contribution in [3.05, 3.63) is 0 Å². The number of rotatable bonds is 3. The van der Waals surface area contributed by atoms with E-state index < -0.39 is 0 Å². The number of hydrogen-bond donors (Lipinski definition) is 2. The smallest absolute Gasteiger partial charge is 0.242 e. The summed E-state index contributed by atoms with van der Waals surface area (Å²) in [6.07, 6.45) is 1.78. The van der Waals surface area contributed by atoms with E-state index >= 15 is 0 Å². The van der Waals surface area contributed by atoms with Gasteiger partial charge in [-0.2, -0.15) is 0 Å². The maximum Gasteiger partial charge on any atom is 0.242 e. The van der Waals surface area contributed by atoms with Gasteiger partial charge in [0.25, 0.3) is 0 Å². The molecule has 0 aromatic carbocycles. The number of amides is 3. The zero-order valence-corrected chi connectivity index (χ0v) is 11.9. The minimum atomic E-state index is -0.0680. The van der Waals surface area contributed by atoms with E-state index in [0.717, 1.165) is 19.4 Å². The van der Waals surface area contributed by atoms with Crippen molar-refractivity contribution in [2.24, 2.45) is 0 Å². The summed E-state index contributed by atoms with van der Waals surface area (Å²) in [5.74, 6) is -0.128. The van der Waals surface area contributed by atoms with Crippen LogP contribution in [0, 0.1) is 0 Å². The van der Waals surface area contributed by atoms with Crippen LogP contribution in [0.25, 0.3) is 0 Å². The second-order valence-corrected chi connectivity index (χ2v) is 5.37. The molecule has 0 radical (unpaired) electrons. The molecular weight excluding hydrogens is 260 g/mol. The summed E-state index contributed by atoms with van der Waals surface area (Å²) in [6, 6.07) is 0.0314. The Hall–Kier alpha value is -1.63. The number of piperazine rings is 1. The van der Waals surface area contributed by atoms with E-state index in [0.29, 0.717) is 26.2 Å². The molecule has 2 aliphatic heterocycles. The number of nitrogens with zero attached hydrogens (tertiary/aromatic N) is 2. The highest BCUT2D eigenvalue weighted by atomic mass is 16.2. The fourth-order valence-electron chi connectivity index (χ4n) is 2.69. The van der Waals surface area contributed by atoms with E-state index in [2.05, 4.69) is 10.6 Å². The van der Waals surface area contributed by atoms with Gasteiger partial charge in [-0.05, 0) is 12.8 Å². The van der Waals surface area contributed by atoms with Crippen molar-refractivity contribution in [3.63, 3.8) is 0 Å². The number of piperidine rings is 1. The predicted molar refractivity (Wildman–Crippen MR) is 72.9 cm³/mol. The van der Waals surface area contributed by atoms with E-state index in [1.807, 2.05) is 0 Å². The van der Waals surface area contributed by atoms with Gasteiger partial charge in [0.15, 0.2) is 0 Å². The lowest BCUT2D eigenvalue weighted by Gasteiger charge is -2.35. The molecule has 2 rings (SSSR count). The van der Waals surface area contributed by atoms with Crippen LogP contribution in [-0.4, -0.2) is 72.8 Å². The van der Waals surface area contributed by atoms with Crippen molar-refractivity contribution >= 4 is 17.7 Å². The molecule has 112 valence electrons. The third-order valence-electron chi connectivity index (χ3n) is 3.70. The SMILES string of the molecule is CC(=O)N[C@@H]1CCCN(C(=O)CN2CCNCC2=O)C1. The molecule has 2 aliphatic rings. The lowest BCUT2D eigenvalue weighted by Crippen LogP contribution is -2.54. The first-order valence-electron chi connectivity index (χ1n) is 7.09. The van der Waals surface area contributed by atoms with Gasteiger partial charge in [-0.3, -0.25) is 14.4 Å². The quantitative estimate of drug-likeness (QED) is 0.663. The molecule has 0 aliphatic carbocycles. The van der Waals surface area contributed by atoms with Crippen LogP contribution in [-0.2, 0) is 14.4 Å². The monoisotopic (exact) mass is 282 g/mol. The molecule has 3 amide bonds. The molecule has 7 heteroatoms. The summed E-state index contributed by atoms with van der Waals surface area (Å²) in [5, 5.41) is 5.84. The van der Waals surface area contributed by atoms with Crippen LogP contribution in [0.3, 0.4) is 0 Å². The Morgan fingerprint density at radius 2 is 2.20 bits per heavy atom. The molecule has 2 N–H and O–H groups in total. The second kappa shape index (κ2) is 6.69. The van der Waals surface area contributed by atoms with Gasteiger partial charge in [-0.1, -0.05) is 0 Å². The van der Waals surface area contributed by atoms with E-state index in [1.54, 1.807) is 9.80 Å². The van der Waals surface area contributed by atoms with E-state index in [4.69, 9.17) is 0 Å². The number of likely N-dealkylation sites (tertiary alicyclic amines) is 1. The van der Waals surface area contributed by atoms with Gasteiger partial charge in [-0.15, -0.1) is 0 Å². The highest BCUT2D eigenvalue weighted by molar-refractivity contribution is 5.86. The maximum atomic E-state index is 12.2. The molecular formula is C13H22N4O3. The van der Waals surface area contributed by atoms with Crippen molar-refractivity contribution in [1.82, 2.24) is 20.4 Å². The molecule has 2 fully saturated rings. The Morgan fingerprint density at radius 1 is 1.40 bits per heavy atom. The van der Waals surface area contributed by atoms with Crippen LogP contribution in [0.2, 0.25) is 0 Å². The van der Waals surface area contributed by atoms with E-state index in [-0.39, 0.29) is 30.3 Å². The van der Waals surface area contributed by atoms with Gasteiger partial charge in [0.1, 0.15) is 0 Å². The van der Waals surface area contributed by atoms with Crippen molar-refractivity contribution in [3.8, 4) is 0 Å². The van der Waals surface area contributed by atoms with Crippen molar-refractivity contribution in [1.29, 1.82) is 0 Å². The first-order chi connectivity index (χ1) is 9.56. The average Bonchev–Trinajstić information content (AvgIpc) is 2.41. The van der Waals surface area contributed by atoms with Gasteiger partial charge in [0.05, 0.1) is 13.1 Å². The number of carbonyl (C=O) groups is 3. The highest BCUT2D eigenvalue weighted by Gasteiger charge is 2.27. The van der Waals surface area contributed by atoms with Crippen LogP contribution in [0.1, 0.15) is 19.8 Å². The van der Waals surface area contributed by atoms with Crippen LogP contribution < -0.4 is 10.6 Å². The third kappa shape index (κ3) is 3.93. The van der Waals surface area contributed by atoms with Crippen LogP contribution >= 0.6 is 0 Å². The Morgan fingerprint density at radius 3 is 2.90 bits per heavy atom. The topological polar surface area (TPSA) is 81.8 Å². The van der Waals surface area contributed by atoms with Crippen LogP contribution in [0.15, 0.2) is 0 Å². The van der Waals surface area contributed by atoms with Gasteiger partial charge >= 0.3 is 0 Å². The molecule has 0 aromatic rings. The number of hydrogen-bond acceptors (Lipinski definition) is 4. The van der Waals surface area contributed by atoms with Crippen LogP contribution in [0.5, 0.6) is 0 Å². The normalized spacial score (nSPS) is 23.6. The summed E-state index contributed by atoms with van der Waals surface area (Å²) in [5.41, 5.74) is 0. The van der Waals surface area contributed by atoms with Crippen molar-refractivity contribution in [2.45, 2.75) is 25.8 Å². The third-order valence-corrected chi connectivity index (χ3v) is 3.70. The first kappa shape index (κ1) is 14.8. The lowest BCUT2D eigenvalue weighted by atomic mass is 10.1. The molecule has 7 nitrogen and oxygen atoms in total. The van der Waals surface area contributed by atoms with Gasteiger partial charge in [0.2, 0.25) is 17.7 Å². The summed E-state index contributed by atoms with van der Waals surface area (Å²) >= 11 is 0. The second-order valence-electron chi connectivity index (χ2n) is 5.37. The van der Waals surface area contributed by atoms with Gasteiger partial charge in [0, 0.05) is 39.1 Å². The van der Waals surface area contributed by atoms with Crippen molar-refractivity contribution in [2.75, 3.05) is 39.3 Å². The fourth-order valence-corrected chi connectivity index (χ4v) is 2.69. The largest absolute Gasteiger partial charge is 0.352 e. The Labute approximate surface area is 118 Å². The van der Waals surface area contributed by atoms with E-state index in [9.17, 15) is 14.4 Å². The maximum absolute atomic E-state index is 12.2. The minimum absolute atomic E-state index is 0.0278. The Bertz CT molecular complexity index is 399. The van der Waals surface area contributed by atoms with Crippen LogP contribution in [0.4, 0.5) is 0 Å². The Balaban J connectivity index is 1.85. The number of carbonyl (C=O) groups excluding carboxylic acids is 3. The molecule has 2 saturated heterocycles. The molecule has 20 heavy (non-hydrogen) atoms. The molecule has 0 saturated carbocycles. The molecule has 0 bridgehead atoms. The summed E-state index contributed by atoms with van der Waals surface area (Å²) in [6.45, 7) is 4.49. The zero-order chi connectivity index (χ0) is 14.5. The minimum Gasteiger partial charge on any atom is -0.352 e. The van der Waals surface area contributed by atoms with Gasteiger partial charge < -0.3 is 20.4 Å². The van der Waals surface area contributed by atoms with Crippen molar-refractivity contribution < 1.29 is 14.4 Å². The summed E-state index contributed by atoms with van der Waals surface area (Å²) in [7, 11) is 0. The standard InChI is InChI=1S/C13H22N4O3/c1-10(18)15-11-3-2-5-16(8-11)13(20)9-17-6-4-14-7-12(17)19/h11,14H,2-9H2,1H3,(H,15,18)/t11-/m1/s1. The average molecular weight is 282 g/mol. The fraction of sp³-hybridized carbons (Fsp3) is 0.769. The van der Waals surface area contributed by atoms with E-state index in [1.165, 1.54) is 6.92 Å².